The molecule has 1 aliphatic rings. The molecule has 1 aromatic heterocycles. The van der Waals surface area contributed by atoms with Crippen molar-refractivity contribution in [2.75, 3.05) is 38.1 Å². The number of rotatable bonds is 8. The Morgan fingerprint density at radius 3 is 2.50 bits per heavy atom. The minimum atomic E-state index is -0.193. The van der Waals surface area contributed by atoms with Crippen molar-refractivity contribution < 1.29 is 9.53 Å². The lowest BCUT2D eigenvalue weighted by molar-refractivity contribution is 0.0946. The van der Waals surface area contributed by atoms with E-state index >= 15 is 0 Å². The fourth-order valence-corrected chi connectivity index (χ4v) is 4.33. The third-order valence-corrected chi connectivity index (χ3v) is 6.52. The summed E-state index contributed by atoms with van der Waals surface area (Å²) in [6, 6.07) is 26.2. The molecule has 1 aliphatic heterocycles. The molecule has 3 aromatic carbocycles. The maximum Gasteiger partial charge on any atom is 0.270 e. The summed E-state index contributed by atoms with van der Waals surface area (Å²) in [6.07, 6.45) is 1.68. The number of carbonyl (C=O) groups is 1. The molecule has 0 radical (unpaired) electrons. The Balaban J connectivity index is 1.20. The summed E-state index contributed by atoms with van der Waals surface area (Å²) in [5.41, 5.74) is 5.42. The maximum atomic E-state index is 13.0. The average molecular weight is 482 g/mol. The lowest BCUT2D eigenvalue weighted by atomic mass is 10.1. The van der Waals surface area contributed by atoms with Crippen molar-refractivity contribution in [3.8, 4) is 16.9 Å². The van der Waals surface area contributed by atoms with Crippen molar-refractivity contribution in [3.05, 3.63) is 102 Å². The number of nitrogens with one attached hydrogen (secondary N) is 2. The van der Waals surface area contributed by atoms with Gasteiger partial charge in [0.05, 0.1) is 6.20 Å². The molecule has 2 N–H and O–H groups in total. The largest absolute Gasteiger partial charge is 0.489 e. The van der Waals surface area contributed by atoms with Gasteiger partial charge in [-0.15, -0.1) is 0 Å². The van der Waals surface area contributed by atoms with Gasteiger partial charge in [-0.1, -0.05) is 54.6 Å². The van der Waals surface area contributed by atoms with Crippen molar-refractivity contribution in [3.63, 3.8) is 0 Å². The van der Waals surface area contributed by atoms with E-state index < -0.39 is 0 Å². The van der Waals surface area contributed by atoms with Crippen molar-refractivity contribution in [1.82, 2.24) is 20.4 Å². The summed E-state index contributed by atoms with van der Waals surface area (Å²) in [5, 5.41) is 10.0. The monoisotopic (exact) mass is 481 g/mol. The minimum absolute atomic E-state index is 0.193. The number of hydrogen-bond donors (Lipinski definition) is 2. The van der Waals surface area contributed by atoms with Gasteiger partial charge < -0.3 is 19.9 Å². The molecule has 0 saturated carbocycles. The maximum absolute atomic E-state index is 13.0. The normalized spacial score (nSPS) is 14.0. The van der Waals surface area contributed by atoms with Crippen LogP contribution in [0.15, 0.2) is 85.1 Å². The van der Waals surface area contributed by atoms with E-state index in [0.29, 0.717) is 18.8 Å². The lowest BCUT2D eigenvalue weighted by Crippen LogP contribution is -2.44. The molecule has 0 spiro atoms. The number of piperazine rings is 1. The molecular formula is C29H31N5O2. The van der Waals surface area contributed by atoms with E-state index in [4.69, 9.17) is 4.74 Å². The van der Waals surface area contributed by atoms with Crippen LogP contribution in [0.4, 0.5) is 5.69 Å². The van der Waals surface area contributed by atoms with E-state index in [-0.39, 0.29) is 5.91 Å². The third-order valence-electron chi connectivity index (χ3n) is 6.52. The van der Waals surface area contributed by atoms with Crippen LogP contribution >= 0.6 is 0 Å². The number of aromatic nitrogens is 2. The molecule has 7 nitrogen and oxygen atoms in total. The second-order valence-corrected chi connectivity index (χ2v) is 9.10. The second kappa shape index (κ2) is 11.1. The molecule has 0 atom stereocenters. The number of ether oxygens (including phenoxy) is 1. The number of benzene rings is 3. The molecule has 1 fully saturated rings. The standard InChI is InChI=1S/C29H31N5O2/c1-33-14-16-34(17-15-33)25-12-10-22(11-13-25)19-30-29(35)28-27(20-31-32-28)24-8-5-9-26(18-24)36-21-23-6-3-2-4-7-23/h2-13,18,20H,14-17,19,21H2,1H3,(H,30,35)(H,31,32). The lowest BCUT2D eigenvalue weighted by Gasteiger charge is -2.34. The first kappa shape index (κ1) is 23.6. The van der Waals surface area contributed by atoms with Crippen LogP contribution < -0.4 is 15.0 Å². The molecule has 4 aromatic rings. The van der Waals surface area contributed by atoms with Gasteiger partial charge in [0.15, 0.2) is 0 Å². The number of nitrogens with zero attached hydrogens (tertiary/aromatic N) is 3. The number of carbonyl (C=O) groups excluding carboxylic acids is 1. The highest BCUT2D eigenvalue weighted by molar-refractivity contribution is 5.98. The van der Waals surface area contributed by atoms with Crippen LogP contribution in [-0.2, 0) is 13.2 Å². The van der Waals surface area contributed by atoms with Crippen LogP contribution in [0.1, 0.15) is 21.6 Å². The van der Waals surface area contributed by atoms with Crippen LogP contribution in [0.25, 0.3) is 11.1 Å². The van der Waals surface area contributed by atoms with E-state index in [0.717, 1.165) is 54.2 Å². The van der Waals surface area contributed by atoms with E-state index in [1.165, 1.54) is 5.69 Å². The molecule has 0 bridgehead atoms. The van der Waals surface area contributed by atoms with E-state index in [2.05, 4.69) is 56.6 Å². The Bertz CT molecular complexity index is 1280. The van der Waals surface area contributed by atoms with Crippen molar-refractivity contribution in [1.29, 1.82) is 0 Å². The number of hydrogen-bond acceptors (Lipinski definition) is 5. The molecule has 36 heavy (non-hydrogen) atoms. The summed E-state index contributed by atoms with van der Waals surface area (Å²) >= 11 is 0. The first-order valence-electron chi connectivity index (χ1n) is 12.3. The fraction of sp³-hybridized carbons (Fsp3) is 0.241. The third kappa shape index (κ3) is 5.75. The SMILES string of the molecule is CN1CCN(c2ccc(CNC(=O)c3[nH]ncc3-c3cccc(OCc4ccccc4)c3)cc2)CC1. The van der Waals surface area contributed by atoms with Gasteiger partial charge in [0, 0.05) is 44.0 Å². The molecular weight excluding hydrogens is 450 g/mol. The van der Waals surface area contributed by atoms with Crippen LogP contribution in [0.5, 0.6) is 5.75 Å². The Morgan fingerprint density at radius 1 is 0.944 bits per heavy atom. The highest BCUT2D eigenvalue weighted by atomic mass is 16.5. The van der Waals surface area contributed by atoms with Gasteiger partial charge in [-0.25, -0.2) is 0 Å². The van der Waals surface area contributed by atoms with Gasteiger partial charge in [-0.2, -0.15) is 5.10 Å². The van der Waals surface area contributed by atoms with Gasteiger partial charge >= 0.3 is 0 Å². The minimum Gasteiger partial charge on any atom is -0.489 e. The smallest absolute Gasteiger partial charge is 0.270 e. The molecule has 1 amide bonds. The number of aromatic amines is 1. The van der Waals surface area contributed by atoms with Crippen LogP contribution in [0.2, 0.25) is 0 Å². The Kier molecular flexibility index (Phi) is 7.28. The van der Waals surface area contributed by atoms with Gasteiger partial charge in [-0.05, 0) is 48.0 Å². The molecule has 0 unspecified atom stereocenters. The molecule has 7 heteroatoms. The van der Waals surface area contributed by atoms with Crippen molar-refractivity contribution in [2.45, 2.75) is 13.2 Å². The molecule has 2 heterocycles. The van der Waals surface area contributed by atoms with Gasteiger partial charge in [0.1, 0.15) is 18.1 Å². The van der Waals surface area contributed by atoms with E-state index in [9.17, 15) is 4.79 Å². The zero-order valence-corrected chi connectivity index (χ0v) is 20.5. The summed E-state index contributed by atoms with van der Waals surface area (Å²) in [4.78, 5) is 17.7. The molecule has 1 saturated heterocycles. The van der Waals surface area contributed by atoms with E-state index in [1.54, 1.807) is 6.20 Å². The first-order valence-corrected chi connectivity index (χ1v) is 12.3. The second-order valence-electron chi connectivity index (χ2n) is 9.10. The average Bonchev–Trinajstić information content (AvgIpc) is 3.43. The summed E-state index contributed by atoms with van der Waals surface area (Å²) in [7, 11) is 2.16. The number of anilines is 1. The van der Waals surface area contributed by atoms with Gasteiger partial charge in [0.2, 0.25) is 0 Å². The van der Waals surface area contributed by atoms with Crippen LogP contribution in [0, 0.1) is 0 Å². The number of H-pyrrole nitrogens is 1. The summed E-state index contributed by atoms with van der Waals surface area (Å²) in [5.74, 6) is 0.547. The Hall–Kier alpha value is -4.10. The fourth-order valence-electron chi connectivity index (χ4n) is 4.33. The topological polar surface area (TPSA) is 73.5 Å². The predicted molar refractivity (Wildman–Crippen MR) is 142 cm³/mol. The molecule has 184 valence electrons. The highest BCUT2D eigenvalue weighted by Gasteiger charge is 2.17. The van der Waals surface area contributed by atoms with Gasteiger partial charge in [0.25, 0.3) is 5.91 Å². The zero-order valence-electron chi connectivity index (χ0n) is 20.5. The van der Waals surface area contributed by atoms with Crippen molar-refractivity contribution >= 4 is 11.6 Å². The number of amides is 1. The number of likely N-dealkylation sites (N-methyl/N-ethyl adjacent to an activating group) is 1. The van der Waals surface area contributed by atoms with Crippen molar-refractivity contribution in [2.24, 2.45) is 0 Å². The molecule has 0 aliphatic carbocycles. The Labute approximate surface area is 211 Å². The zero-order chi connectivity index (χ0) is 24.7. The quantitative estimate of drug-likeness (QED) is 0.392. The highest BCUT2D eigenvalue weighted by Crippen LogP contribution is 2.26. The predicted octanol–water partition coefficient (Wildman–Crippen LogP) is 4.34. The first-order chi connectivity index (χ1) is 17.7. The van der Waals surface area contributed by atoms with Crippen LogP contribution in [0.3, 0.4) is 0 Å². The Morgan fingerprint density at radius 2 is 1.72 bits per heavy atom. The summed E-state index contributed by atoms with van der Waals surface area (Å²) in [6.45, 7) is 5.15. The van der Waals surface area contributed by atoms with Gasteiger partial charge in [-0.3, -0.25) is 9.89 Å². The summed E-state index contributed by atoms with van der Waals surface area (Å²) < 4.78 is 5.96. The van der Waals surface area contributed by atoms with E-state index in [1.807, 2.05) is 54.6 Å². The van der Waals surface area contributed by atoms with Crippen LogP contribution in [-0.4, -0.2) is 54.2 Å². The molecule has 5 rings (SSSR count).